The summed E-state index contributed by atoms with van der Waals surface area (Å²) < 4.78 is 39.5. The number of aryl methyl sites for hydroxylation is 1. The minimum Gasteiger partial charge on any atom is -0.398 e. The van der Waals surface area contributed by atoms with Crippen LogP contribution in [0.25, 0.3) is 0 Å². The molecular formula is C14H10ClF3N2O. The zero-order valence-corrected chi connectivity index (χ0v) is 11.6. The summed E-state index contributed by atoms with van der Waals surface area (Å²) in [5.74, 6) is -5.53. The molecule has 0 unspecified atom stereocenters. The van der Waals surface area contributed by atoms with Crippen molar-refractivity contribution >= 4 is 28.9 Å². The largest absolute Gasteiger partial charge is 0.398 e. The van der Waals surface area contributed by atoms with Crippen molar-refractivity contribution in [3.05, 3.63) is 57.9 Å². The van der Waals surface area contributed by atoms with Gasteiger partial charge in [0, 0.05) is 5.69 Å². The Labute approximate surface area is 123 Å². The van der Waals surface area contributed by atoms with Crippen molar-refractivity contribution in [2.45, 2.75) is 6.92 Å². The topological polar surface area (TPSA) is 55.1 Å². The molecule has 2 aromatic rings. The Morgan fingerprint density at radius 3 is 2.52 bits per heavy atom. The van der Waals surface area contributed by atoms with Crippen LogP contribution in [0.4, 0.5) is 24.5 Å². The molecule has 7 heteroatoms. The second-order valence-corrected chi connectivity index (χ2v) is 4.77. The van der Waals surface area contributed by atoms with Crippen molar-refractivity contribution < 1.29 is 18.0 Å². The number of nitrogens with two attached hydrogens (primary N) is 1. The number of benzene rings is 2. The number of halogens is 4. The quantitative estimate of drug-likeness (QED) is 0.652. The lowest BCUT2D eigenvalue weighted by Crippen LogP contribution is -2.16. The van der Waals surface area contributed by atoms with Gasteiger partial charge >= 0.3 is 0 Å². The number of amides is 1. The number of hydrogen-bond acceptors (Lipinski definition) is 2. The van der Waals surface area contributed by atoms with E-state index < -0.39 is 28.9 Å². The number of nitrogens with one attached hydrogen (secondary N) is 1. The van der Waals surface area contributed by atoms with Crippen molar-refractivity contribution in [1.29, 1.82) is 0 Å². The zero-order chi connectivity index (χ0) is 15.7. The van der Waals surface area contributed by atoms with E-state index in [-0.39, 0.29) is 5.02 Å². The van der Waals surface area contributed by atoms with Crippen LogP contribution in [0.15, 0.2) is 24.3 Å². The molecule has 0 radical (unpaired) electrons. The number of carbonyl (C=O) groups is 1. The molecule has 0 bridgehead atoms. The van der Waals surface area contributed by atoms with E-state index in [4.69, 9.17) is 17.3 Å². The maximum atomic E-state index is 13.5. The van der Waals surface area contributed by atoms with Crippen molar-refractivity contribution in [2.75, 3.05) is 11.1 Å². The highest BCUT2D eigenvalue weighted by molar-refractivity contribution is 6.33. The van der Waals surface area contributed by atoms with Crippen molar-refractivity contribution in [3.8, 4) is 0 Å². The molecular weight excluding hydrogens is 305 g/mol. The molecule has 0 aliphatic rings. The Balaban J connectivity index is 2.35. The maximum absolute atomic E-state index is 13.5. The number of rotatable bonds is 2. The summed E-state index contributed by atoms with van der Waals surface area (Å²) in [4.78, 5) is 11.9. The lowest BCUT2D eigenvalue weighted by atomic mass is 10.1. The molecule has 0 saturated carbocycles. The molecule has 0 aliphatic carbocycles. The third-order valence-electron chi connectivity index (χ3n) is 2.87. The fraction of sp³-hybridized carbons (Fsp3) is 0.0714. The molecule has 0 atom stereocenters. The van der Waals surface area contributed by atoms with Crippen LogP contribution in [0, 0.1) is 24.4 Å². The van der Waals surface area contributed by atoms with E-state index in [1.165, 1.54) is 12.1 Å². The molecule has 3 N–H and O–H groups in total. The molecule has 3 nitrogen and oxygen atoms in total. The Kier molecular flexibility index (Phi) is 4.09. The minimum absolute atomic E-state index is 0.210. The SMILES string of the molecule is Cc1cc(N)c(Cl)cc1NC(=O)c1ccc(F)c(F)c1F. The molecule has 0 heterocycles. The van der Waals surface area contributed by atoms with Gasteiger partial charge in [-0.25, -0.2) is 13.2 Å². The summed E-state index contributed by atoms with van der Waals surface area (Å²) in [6, 6.07) is 4.45. The first-order valence-electron chi connectivity index (χ1n) is 5.81. The number of carbonyl (C=O) groups excluding carboxylic acids is 1. The van der Waals surface area contributed by atoms with Crippen molar-refractivity contribution in [2.24, 2.45) is 0 Å². The molecule has 0 fully saturated rings. The number of anilines is 2. The predicted octanol–water partition coefficient (Wildman–Crippen LogP) is 3.90. The van der Waals surface area contributed by atoms with Gasteiger partial charge in [0.2, 0.25) is 0 Å². The molecule has 21 heavy (non-hydrogen) atoms. The lowest BCUT2D eigenvalue weighted by molar-refractivity contribution is 0.102. The van der Waals surface area contributed by atoms with E-state index in [0.717, 1.165) is 6.07 Å². The lowest BCUT2D eigenvalue weighted by Gasteiger charge is -2.11. The predicted molar refractivity (Wildman–Crippen MR) is 74.9 cm³/mol. The highest BCUT2D eigenvalue weighted by Gasteiger charge is 2.19. The van der Waals surface area contributed by atoms with Crippen LogP contribution < -0.4 is 11.1 Å². The number of nitrogen functional groups attached to an aromatic ring is 1. The van der Waals surface area contributed by atoms with Crippen LogP contribution in [0.5, 0.6) is 0 Å². The highest BCUT2D eigenvalue weighted by Crippen LogP contribution is 2.27. The van der Waals surface area contributed by atoms with Gasteiger partial charge in [-0.15, -0.1) is 0 Å². The van der Waals surface area contributed by atoms with Gasteiger partial charge in [0.1, 0.15) is 0 Å². The van der Waals surface area contributed by atoms with Crippen LogP contribution in [0.2, 0.25) is 5.02 Å². The van der Waals surface area contributed by atoms with E-state index in [0.29, 0.717) is 23.0 Å². The average molecular weight is 315 g/mol. The van der Waals surface area contributed by atoms with Gasteiger partial charge in [-0.2, -0.15) is 0 Å². The third kappa shape index (κ3) is 2.95. The molecule has 0 spiro atoms. The molecule has 0 saturated heterocycles. The molecule has 2 rings (SSSR count). The van der Waals surface area contributed by atoms with Gasteiger partial charge in [-0.3, -0.25) is 4.79 Å². The summed E-state index contributed by atoms with van der Waals surface area (Å²) in [5.41, 5.74) is 6.20. The zero-order valence-electron chi connectivity index (χ0n) is 10.8. The first kappa shape index (κ1) is 15.2. The van der Waals surface area contributed by atoms with Gasteiger partial charge in [0.25, 0.3) is 5.91 Å². The van der Waals surface area contributed by atoms with Gasteiger partial charge < -0.3 is 11.1 Å². The van der Waals surface area contributed by atoms with Crippen LogP contribution in [0.1, 0.15) is 15.9 Å². The molecule has 2 aromatic carbocycles. The van der Waals surface area contributed by atoms with E-state index in [1.54, 1.807) is 6.92 Å². The summed E-state index contributed by atoms with van der Waals surface area (Å²) in [7, 11) is 0. The normalized spacial score (nSPS) is 10.5. The first-order valence-corrected chi connectivity index (χ1v) is 6.19. The summed E-state index contributed by atoms with van der Waals surface area (Å²) in [6.45, 7) is 1.66. The third-order valence-corrected chi connectivity index (χ3v) is 3.20. The fourth-order valence-electron chi connectivity index (χ4n) is 1.73. The maximum Gasteiger partial charge on any atom is 0.258 e. The Morgan fingerprint density at radius 2 is 1.86 bits per heavy atom. The molecule has 110 valence electrons. The Morgan fingerprint density at radius 1 is 1.19 bits per heavy atom. The standard InChI is InChI=1S/C14H10ClF3N2O/c1-6-4-10(19)8(15)5-11(6)20-14(21)7-2-3-9(16)13(18)12(7)17/h2-5H,19H2,1H3,(H,20,21). The average Bonchev–Trinajstić information content (AvgIpc) is 2.42. The van der Waals surface area contributed by atoms with Crippen LogP contribution in [0.3, 0.4) is 0 Å². The van der Waals surface area contributed by atoms with E-state index in [2.05, 4.69) is 5.32 Å². The van der Waals surface area contributed by atoms with Crippen molar-refractivity contribution in [3.63, 3.8) is 0 Å². The van der Waals surface area contributed by atoms with Crippen molar-refractivity contribution in [1.82, 2.24) is 0 Å². The van der Waals surface area contributed by atoms with Crippen LogP contribution in [-0.2, 0) is 0 Å². The second kappa shape index (κ2) is 5.65. The Hall–Kier alpha value is -2.21. The monoisotopic (exact) mass is 314 g/mol. The second-order valence-electron chi connectivity index (χ2n) is 4.37. The van der Waals surface area contributed by atoms with Gasteiger partial charge in [0.05, 0.1) is 16.3 Å². The van der Waals surface area contributed by atoms with E-state index in [9.17, 15) is 18.0 Å². The van der Waals surface area contributed by atoms with Gasteiger partial charge in [-0.05, 0) is 36.8 Å². The van der Waals surface area contributed by atoms with Crippen LogP contribution in [-0.4, -0.2) is 5.91 Å². The Bertz CT molecular complexity index is 735. The van der Waals surface area contributed by atoms with Crippen LogP contribution >= 0.6 is 11.6 Å². The highest BCUT2D eigenvalue weighted by atomic mass is 35.5. The number of hydrogen-bond donors (Lipinski definition) is 2. The fourth-order valence-corrected chi connectivity index (χ4v) is 1.89. The summed E-state index contributed by atoms with van der Waals surface area (Å²) in [5, 5.41) is 2.58. The smallest absolute Gasteiger partial charge is 0.258 e. The summed E-state index contributed by atoms with van der Waals surface area (Å²) >= 11 is 5.83. The van der Waals surface area contributed by atoms with E-state index in [1.807, 2.05) is 0 Å². The molecule has 0 aliphatic heterocycles. The first-order chi connectivity index (χ1) is 9.81. The van der Waals surface area contributed by atoms with Gasteiger partial charge in [0.15, 0.2) is 17.5 Å². The van der Waals surface area contributed by atoms with E-state index >= 15 is 0 Å². The molecule has 1 amide bonds. The molecule has 0 aromatic heterocycles. The minimum atomic E-state index is -1.70. The van der Waals surface area contributed by atoms with Gasteiger partial charge in [-0.1, -0.05) is 11.6 Å². The summed E-state index contributed by atoms with van der Waals surface area (Å²) in [6.07, 6.45) is 0.